The lowest BCUT2D eigenvalue weighted by Crippen LogP contribution is -2.57. The maximum Gasteiger partial charge on any atom is 0.265 e. The third kappa shape index (κ3) is 8.92. The molecule has 2 aliphatic carbocycles. The number of hydrogen-bond acceptors (Lipinski definition) is 9. The van der Waals surface area contributed by atoms with Crippen molar-refractivity contribution in [2.24, 2.45) is 17.3 Å². The molecule has 2 aromatic carbocycles. The Morgan fingerprint density at radius 3 is 2.44 bits per heavy atom. The molecule has 2 aliphatic heterocycles. The molecule has 316 valence electrons. The molecule has 3 heterocycles. The van der Waals surface area contributed by atoms with Gasteiger partial charge in [0, 0.05) is 54.8 Å². The van der Waals surface area contributed by atoms with Gasteiger partial charge in [-0.1, -0.05) is 57.2 Å². The second kappa shape index (κ2) is 15.8. The van der Waals surface area contributed by atoms with E-state index in [4.69, 9.17) is 14.5 Å². The topological polar surface area (TPSA) is 164 Å². The van der Waals surface area contributed by atoms with Crippen molar-refractivity contribution < 1.29 is 45.9 Å². The Bertz CT molecular complexity index is 2260. The lowest BCUT2D eigenvalue weighted by atomic mass is 9.77. The molecule has 4 fully saturated rings. The van der Waals surface area contributed by atoms with Gasteiger partial charge in [0.25, 0.3) is 11.8 Å². The lowest BCUT2D eigenvalue weighted by molar-refractivity contribution is -0.151. The molecule has 0 bridgehead atoms. The van der Waals surface area contributed by atoms with E-state index >= 15 is 0 Å². The van der Waals surface area contributed by atoms with Crippen molar-refractivity contribution in [3.8, 4) is 22.8 Å². The van der Waals surface area contributed by atoms with E-state index in [0.717, 1.165) is 10.5 Å². The van der Waals surface area contributed by atoms with E-state index in [9.17, 15) is 36.4 Å². The number of benzene rings is 2. The van der Waals surface area contributed by atoms with Crippen molar-refractivity contribution in [3.05, 3.63) is 67.3 Å². The summed E-state index contributed by atoms with van der Waals surface area (Å²) in [5, 5.41) is 2.76. The molecule has 4 aliphatic rings. The van der Waals surface area contributed by atoms with Crippen LogP contribution in [0.25, 0.3) is 22.2 Å². The molecule has 5 atom stereocenters. The van der Waals surface area contributed by atoms with Crippen LogP contribution in [0.15, 0.2) is 67.3 Å². The molecule has 0 radical (unpaired) electrons. The summed E-state index contributed by atoms with van der Waals surface area (Å²) in [7, 11) is -2.40. The van der Waals surface area contributed by atoms with Gasteiger partial charge in [-0.3, -0.25) is 23.9 Å². The number of alkyl halides is 2. The highest BCUT2D eigenvalue weighted by Crippen LogP contribution is 2.46. The van der Waals surface area contributed by atoms with Crippen LogP contribution in [0.2, 0.25) is 0 Å². The lowest BCUT2D eigenvalue weighted by Gasteiger charge is -2.37. The van der Waals surface area contributed by atoms with Gasteiger partial charge in [0.05, 0.1) is 42.6 Å². The molecule has 59 heavy (non-hydrogen) atoms. The first-order chi connectivity index (χ1) is 27.8. The average Bonchev–Trinajstić information content (AvgIpc) is 4.12. The van der Waals surface area contributed by atoms with Gasteiger partial charge in [0.15, 0.2) is 0 Å². The Labute approximate surface area is 342 Å². The number of methoxy groups -OCH3 is 1. The predicted octanol–water partition coefficient (Wildman–Crippen LogP) is 5.24. The zero-order chi connectivity index (χ0) is 42.5. The van der Waals surface area contributed by atoms with Gasteiger partial charge < -0.3 is 24.6 Å². The Balaban J connectivity index is 1.21. The number of piperidine rings is 1. The van der Waals surface area contributed by atoms with Crippen LogP contribution in [0.3, 0.4) is 0 Å². The number of amides is 4. The van der Waals surface area contributed by atoms with Crippen molar-refractivity contribution >= 4 is 44.6 Å². The van der Waals surface area contributed by atoms with E-state index in [1.807, 2.05) is 30.3 Å². The SMILES string of the molecule is C=C[C@@H]1C[C@]1(NC(=O)[C@@H]1C[C@@H](Oc2cc(-c3ccccc3)nc3cc(OC)ccc23)CN1C(=O)[C@@H](CC(=O)N1CCCC(F)(F)C1)C(C)(C)C)C(=O)NS(=O)(=O)C1CC1. The van der Waals surface area contributed by atoms with Gasteiger partial charge in [0.2, 0.25) is 27.7 Å². The minimum absolute atomic E-state index is 0.0296. The second-order valence-corrected chi connectivity index (χ2v) is 19.3. The first-order valence-corrected chi connectivity index (χ1v) is 21.6. The number of hydrogen-bond donors (Lipinski definition) is 2. The number of halogens is 2. The highest BCUT2D eigenvalue weighted by atomic mass is 32.2. The van der Waals surface area contributed by atoms with E-state index in [1.54, 1.807) is 52.1 Å². The molecule has 2 N–H and O–H groups in total. The van der Waals surface area contributed by atoms with Crippen molar-refractivity contribution in [2.75, 3.05) is 26.7 Å². The van der Waals surface area contributed by atoms with Crippen molar-refractivity contribution in [2.45, 2.75) is 94.6 Å². The average molecular weight is 836 g/mol. The molecule has 3 aromatic rings. The Hall–Kier alpha value is -5.12. The summed E-state index contributed by atoms with van der Waals surface area (Å²) >= 11 is 0. The number of nitrogens with one attached hydrogen (secondary N) is 2. The first kappa shape index (κ1) is 42.0. The number of aromatic nitrogens is 1. The molecule has 4 amide bonds. The minimum Gasteiger partial charge on any atom is -0.497 e. The third-order valence-electron chi connectivity index (χ3n) is 11.9. The number of pyridine rings is 1. The van der Waals surface area contributed by atoms with Crippen molar-refractivity contribution in [1.82, 2.24) is 24.8 Å². The summed E-state index contributed by atoms with van der Waals surface area (Å²) in [6.07, 6.45) is 1.07. The van der Waals surface area contributed by atoms with Crippen LogP contribution < -0.4 is 19.5 Å². The zero-order valence-corrected chi connectivity index (χ0v) is 34.5. The van der Waals surface area contributed by atoms with Crippen LogP contribution in [0.1, 0.15) is 65.7 Å². The van der Waals surface area contributed by atoms with E-state index < -0.39 is 86.3 Å². The molecule has 2 saturated carbocycles. The van der Waals surface area contributed by atoms with Crippen LogP contribution in [-0.2, 0) is 29.2 Å². The maximum absolute atomic E-state index is 14.9. The summed E-state index contributed by atoms with van der Waals surface area (Å²) in [4.78, 5) is 63.9. The Morgan fingerprint density at radius 2 is 1.81 bits per heavy atom. The van der Waals surface area contributed by atoms with Crippen LogP contribution in [-0.4, -0.2) is 102 Å². The van der Waals surface area contributed by atoms with Crippen LogP contribution in [0.4, 0.5) is 8.78 Å². The summed E-state index contributed by atoms with van der Waals surface area (Å²) < 4.78 is 68.7. The number of carbonyl (C=O) groups is 4. The fraction of sp³-hybridized carbons (Fsp3) is 0.512. The maximum atomic E-state index is 14.9. The van der Waals surface area contributed by atoms with E-state index in [0.29, 0.717) is 40.9 Å². The smallest absolute Gasteiger partial charge is 0.265 e. The number of nitrogens with zero attached hydrogens (tertiary/aromatic N) is 3. The third-order valence-corrected chi connectivity index (χ3v) is 13.7. The summed E-state index contributed by atoms with van der Waals surface area (Å²) in [6.45, 7) is 8.41. The molecule has 1 aromatic heterocycles. The summed E-state index contributed by atoms with van der Waals surface area (Å²) in [5.41, 5.74) is -0.458. The number of fused-ring (bicyclic) bond motifs is 1. The summed E-state index contributed by atoms with van der Waals surface area (Å²) in [6, 6.07) is 15.4. The largest absolute Gasteiger partial charge is 0.497 e. The molecular weight excluding hydrogens is 785 g/mol. The predicted molar refractivity (Wildman–Crippen MR) is 216 cm³/mol. The number of rotatable bonds is 13. The van der Waals surface area contributed by atoms with E-state index in [1.165, 1.54) is 11.0 Å². The van der Waals surface area contributed by atoms with Gasteiger partial charge in [-0.05, 0) is 43.2 Å². The second-order valence-electron chi connectivity index (χ2n) is 17.3. The van der Waals surface area contributed by atoms with Crippen LogP contribution >= 0.6 is 0 Å². The quantitative estimate of drug-likeness (QED) is 0.219. The number of sulfonamides is 1. The van der Waals surface area contributed by atoms with Gasteiger partial charge in [0.1, 0.15) is 29.2 Å². The molecule has 16 heteroatoms. The van der Waals surface area contributed by atoms with Crippen molar-refractivity contribution in [3.63, 3.8) is 0 Å². The monoisotopic (exact) mass is 835 g/mol. The molecule has 7 rings (SSSR count). The number of ether oxygens (including phenoxy) is 2. The highest BCUT2D eigenvalue weighted by molar-refractivity contribution is 7.91. The molecular formula is C43H51F2N5O8S. The summed E-state index contributed by atoms with van der Waals surface area (Å²) in [5.74, 6) is -6.36. The number of carbonyl (C=O) groups excluding carboxylic acids is 4. The van der Waals surface area contributed by atoms with Gasteiger partial charge in [-0.15, -0.1) is 6.58 Å². The standard InChI is InChI=1S/C43H51F2N5O8S/c1-6-27-23-43(27,40(54)48-59(55,56)30-14-15-30)47-38(52)35-20-29(24-50(35)39(53)32(41(2,3)4)21-37(51)49-18-10-17-42(44,45)25-49)58-36-22-33(26-11-8-7-9-12-26)46-34-19-28(57-5)13-16-31(34)36/h6-9,11-13,16,19,22,27,29-30,32,35H,1,10,14-15,17-18,20-21,23-25H2,2-5H3,(H,47,52)(H,48,54)/t27-,29-,32-,35+,43-/m1/s1. The molecule has 2 saturated heterocycles. The fourth-order valence-electron chi connectivity index (χ4n) is 8.18. The van der Waals surface area contributed by atoms with Gasteiger partial charge in [-0.25, -0.2) is 22.2 Å². The number of likely N-dealkylation sites (tertiary alicyclic amines) is 2. The molecule has 13 nitrogen and oxygen atoms in total. The Morgan fingerprint density at radius 1 is 1.08 bits per heavy atom. The first-order valence-electron chi connectivity index (χ1n) is 20.0. The van der Waals surface area contributed by atoms with E-state index in [2.05, 4.69) is 16.6 Å². The Kier molecular flexibility index (Phi) is 11.3. The minimum atomic E-state index is -3.95. The van der Waals surface area contributed by atoms with Gasteiger partial charge in [-0.2, -0.15) is 0 Å². The highest BCUT2D eigenvalue weighted by Gasteiger charge is 2.62. The fourth-order valence-corrected chi connectivity index (χ4v) is 9.54. The van der Waals surface area contributed by atoms with Crippen LogP contribution in [0.5, 0.6) is 11.5 Å². The molecule has 0 unspecified atom stereocenters. The van der Waals surface area contributed by atoms with Crippen LogP contribution in [0, 0.1) is 17.3 Å². The van der Waals surface area contributed by atoms with Crippen molar-refractivity contribution in [1.29, 1.82) is 0 Å². The van der Waals surface area contributed by atoms with E-state index in [-0.39, 0.29) is 45.2 Å². The molecule has 0 spiro atoms. The zero-order valence-electron chi connectivity index (χ0n) is 33.7. The van der Waals surface area contributed by atoms with Gasteiger partial charge >= 0.3 is 0 Å². The normalized spacial score (nSPS) is 24.5.